The number of nitro benzene ring substituents is 1. The molecule has 1 aliphatic heterocycles. The number of nitro groups is 1. The van der Waals surface area contributed by atoms with Crippen LogP contribution in [0, 0.1) is 10.1 Å². The van der Waals surface area contributed by atoms with E-state index < -0.39 is 16.9 Å². The van der Waals surface area contributed by atoms with Crippen molar-refractivity contribution in [1.29, 1.82) is 0 Å². The maximum atomic E-state index is 12.9. The number of nitrogens with zero attached hydrogens (tertiary/aromatic N) is 2. The zero-order valence-electron chi connectivity index (χ0n) is 18.9. The Morgan fingerprint density at radius 3 is 2.56 bits per heavy atom. The molecule has 0 spiro atoms. The molecule has 0 saturated carbocycles. The van der Waals surface area contributed by atoms with Crippen molar-refractivity contribution in [3.05, 3.63) is 103 Å². The average Bonchev–Trinajstić information content (AvgIpc) is 3.11. The standard InChI is InChI=1S/C25H19BrClN3O6/c1-35-22-12-17(10-20(26)23(22)36-14-16-3-2-4-19(9-16)30(33)34)11-21-24(31)29(25(32)28-21)13-15-5-7-18(27)8-6-15/h2-12H,13-14H2,1H3,(H,28,32)/b21-11-. The van der Waals surface area contributed by atoms with Gasteiger partial charge in [0.1, 0.15) is 12.3 Å². The quantitative estimate of drug-likeness (QED) is 0.161. The average molecular weight is 573 g/mol. The highest BCUT2D eigenvalue weighted by molar-refractivity contribution is 9.10. The topological polar surface area (TPSA) is 111 Å². The maximum Gasteiger partial charge on any atom is 0.329 e. The maximum absolute atomic E-state index is 12.9. The summed E-state index contributed by atoms with van der Waals surface area (Å²) >= 11 is 9.35. The molecule has 0 atom stereocenters. The van der Waals surface area contributed by atoms with Gasteiger partial charge in [-0.25, -0.2) is 4.79 Å². The molecule has 0 bridgehead atoms. The minimum atomic E-state index is -0.524. The van der Waals surface area contributed by atoms with Crippen molar-refractivity contribution in [3.8, 4) is 11.5 Å². The number of benzene rings is 3. The van der Waals surface area contributed by atoms with Gasteiger partial charge < -0.3 is 14.8 Å². The smallest absolute Gasteiger partial charge is 0.329 e. The normalized spacial score (nSPS) is 14.2. The van der Waals surface area contributed by atoms with Crippen LogP contribution in [0.3, 0.4) is 0 Å². The SMILES string of the molecule is COc1cc(/C=C2\NC(=O)N(Cc3ccc(Cl)cc3)C2=O)cc(Br)c1OCc1cccc([N+](=O)[O-])c1. The molecule has 1 aliphatic rings. The van der Waals surface area contributed by atoms with Crippen molar-refractivity contribution in [3.63, 3.8) is 0 Å². The zero-order chi connectivity index (χ0) is 25.8. The Bertz CT molecular complexity index is 1380. The molecule has 0 radical (unpaired) electrons. The molecule has 36 heavy (non-hydrogen) atoms. The largest absolute Gasteiger partial charge is 0.493 e. The van der Waals surface area contributed by atoms with Gasteiger partial charge in [-0.05, 0) is 63.0 Å². The van der Waals surface area contributed by atoms with Gasteiger partial charge in [0.2, 0.25) is 0 Å². The molecule has 11 heteroatoms. The van der Waals surface area contributed by atoms with Crippen LogP contribution in [0.2, 0.25) is 5.02 Å². The molecular weight excluding hydrogens is 554 g/mol. The first kappa shape index (κ1) is 25.2. The van der Waals surface area contributed by atoms with Gasteiger partial charge >= 0.3 is 6.03 Å². The predicted octanol–water partition coefficient (Wildman–Crippen LogP) is 5.69. The van der Waals surface area contributed by atoms with Crippen molar-refractivity contribution in [2.45, 2.75) is 13.2 Å². The fraction of sp³-hybridized carbons (Fsp3) is 0.120. The second-order valence-electron chi connectivity index (χ2n) is 7.76. The highest BCUT2D eigenvalue weighted by Gasteiger charge is 2.33. The van der Waals surface area contributed by atoms with Gasteiger partial charge in [-0.2, -0.15) is 0 Å². The van der Waals surface area contributed by atoms with E-state index in [1.165, 1.54) is 19.2 Å². The van der Waals surface area contributed by atoms with Crippen LogP contribution in [0.15, 0.2) is 70.8 Å². The number of nitrogens with one attached hydrogen (secondary N) is 1. The number of rotatable bonds is 8. The molecule has 4 rings (SSSR count). The van der Waals surface area contributed by atoms with Crippen molar-refractivity contribution in [1.82, 2.24) is 10.2 Å². The summed E-state index contributed by atoms with van der Waals surface area (Å²) < 4.78 is 11.9. The lowest BCUT2D eigenvalue weighted by Crippen LogP contribution is -2.30. The first-order valence-electron chi connectivity index (χ1n) is 10.6. The van der Waals surface area contributed by atoms with E-state index in [1.54, 1.807) is 54.6 Å². The lowest BCUT2D eigenvalue weighted by molar-refractivity contribution is -0.384. The molecular formula is C25H19BrClN3O6. The van der Waals surface area contributed by atoms with Gasteiger partial charge in [0, 0.05) is 17.2 Å². The van der Waals surface area contributed by atoms with E-state index in [2.05, 4.69) is 21.2 Å². The second kappa shape index (κ2) is 10.8. The van der Waals surface area contributed by atoms with Crippen LogP contribution in [0.25, 0.3) is 6.08 Å². The monoisotopic (exact) mass is 571 g/mol. The Morgan fingerprint density at radius 1 is 1.11 bits per heavy atom. The Kier molecular flexibility index (Phi) is 7.56. The lowest BCUT2D eigenvalue weighted by atomic mass is 10.1. The van der Waals surface area contributed by atoms with E-state index in [0.29, 0.717) is 32.1 Å². The Morgan fingerprint density at radius 2 is 1.86 bits per heavy atom. The van der Waals surface area contributed by atoms with E-state index in [9.17, 15) is 19.7 Å². The van der Waals surface area contributed by atoms with Crippen LogP contribution in [-0.4, -0.2) is 28.9 Å². The van der Waals surface area contributed by atoms with Crippen molar-refractivity contribution in [2.24, 2.45) is 0 Å². The molecule has 3 aromatic carbocycles. The number of urea groups is 1. The molecule has 1 N–H and O–H groups in total. The number of hydrogen-bond acceptors (Lipinski definition) is 6. The van der Waals surface area contributed by atoms with Crippen LogP contribution in [-0.2, 0) is 17.9 Å². The summed E-state index contributed by atoms with van der Waals surface area (Å²) in [6.07, 6.45) is 1.54. The van der Waals surface area contributed by atoms with Crippen molar-refractivity contribution >= 4 is 51.2 Å². The summed E-state index contributed by atoms with van der Waals surface area (Å²) in [6.45, 7) is 0.182. The molecule has 0 aliphatic carbocycles. The van der Waals surface area contributed by atoms with Gasteiger partial charge in [0.25, 0.3) is 11.6 Å². The third kappa shape index (κ3) is 5.67. The zero-order valence-corrected chi connectivity index (χ0v) is 21.2. The molecule has 1 saturated heterocycles. The molecule has 3 aromatic rings. The summed E-state index contributed by atoms with van der Waals surface area (Å²) in [6, 6.07) is 15.9. The summed E-state index contributed by atoms with van der Waals surface area (Å²) in [5.41, 5.74) is 2.05. The van der Waals surface area contributed by atoms with Crippen LogP contribution < -0.4 is 14.8 Å². The number of methoxy groups -OCH3 is 1. The number of non-ortho nitro benzene ring substituents is 1. The number of ether oxygens (including phenoxy) is 2. The van der Waals surface area contributed by atoms with Crippen LogP contribution in [0.4, 0.5) is 10.5 Å². The minimum absolute atomic E-state index is 0.0301. The molecule has 1 fully saturated rings. The van der Waals surface area contributed by atoms with Crippen molar-refractivity contribution < 1.29 is 24.0 Å². The third-order valence-electron chi connectivity index (χ3n) is 5.28. The van der Waals surface area contributed by atoms with Crippen LogP contribution >= 0.6 is 27.5 Å². The predicted molar refractivity (Wildman–Crippen MR) is 137 cm³/mol. The summed E-state index contributed by atoms with van der Waals surface area (Å²) in [5.74, 6) is 0.296. The summed E-state index contributed by atoms with van der Waals surface area (Å²) in [4.78, 5) is 36.9. The lowest BCUT2D eigenvalue weighted by Gasteiger charge is -2.14. The second-order valence-corrected chi connectivity index (χ2v) is 9.05. The Labute approximate surface area is 219 Å². The molecule has 9 nitrogen and oxygen atoms in total. The number of carbonyl (C=O) groups excluding carboxylic acids is 2. The van der Waals surface area contributed by atoms with Gasteiger partial charge in [-0.1, -0.05) is 35.9 Å². The number of hydrogen-bond donors (Lipinski definition) is 1. The van der Waals surface area contributed by atoms with Gasteiger partial charge in [0.15, 0.2) is 11.5 Å². The van der Waals surface area contributed by atoms with Crippen molar-refractivity contribution in [2.75, 3.05) is 7.11 Å². The molecule has 0 aromatic heterocycles. The van der Waals surface area contributed by atoms with Crippen LogP contribution in [0.5, 0.6) is 11.5 Å². The van der Waals surface area contributed by atoms with E-state index in [0.717, 1.165) is 10.5 Å². The summed E-state index contributed by atoms with van der Waals surface area (Å²) in [5, 5.41) is 14.2. The van der Waals surface area contributed by atoms with E-state index in [-0.39, 0.29) is 24.5 Å². The highest BCUT2D eigenvalue weighted by Crippen LogP contribution is 2.38. The summed E-state index contributed by atoms with van der Waals surface area (Å²) in [7, 11) is 1.47. The molecule has 184 valence electrons. The Balaban J connectivity index is 1.52. The van der Waals surface area contributed by atoms with E-state index in [4.69, 9.17) is 21.1 Å². The first-order valence-corrected chi connectivity index (χ1v) is 11.7. The van der Waals surface area contributed by atoms with E-state index in [1.807, 2.05) is 0 Å². The van der Waals surface area contributed by atoms with E-state index >= 15 is 0 Å². The number of amides is 3. The fourth-order valence-corrected chi connectivity index (χ4v) is 4.23. The molecule has 0 unspecified atom stereocenters. The minimum Gasteiger partial charge on any atom is -0.493 e. The molecule has 1 heterocycles. The third-order valence-corrected chi connectivity index (χ3v) is 6.12. The van der Waals surface area contributed by atoms with Gasteiger partial charge in [-0.15, -0.1) is 0 Å². The first-order chi connectivity index (χ1) is 17.2. The highest BCUT2D eigenvalue weighted by atomic mass is 79.9. The Hall–Kier alpha value is -3.89. The fourth-order valence-electron chi connectivity index (χ4n) is 3.53. The number of halogens is 2. The van der Waals surface area contributed by atoms with Gasteiger partial charge in [-0.3, -0.25) is 19.8 Å². The number of carbonyl (C=O) groups is 2. The molecule has 3 amide bonds. The van der Waals surface area contributed by atoms with Crippen LogP contribution in [0.1, 0.15) is 16.7 Å². The van der Waals surface area contributed by atoms with Gasteiger partial charge in [0.05, 0.1) is 23.1 Å². The number of imide groups is 1.